The number of rotatable bonds is 0. The lowest BCUT2D eigenvalue weighted by atomic mass is 9.70. The first-order chi connectivity index (χ1) is 5.46. The van der Waals surface area contributed by atoms with Crippen LogP contribution in [-0.4, -0.2) is 33.8 Å². The molecule has 2 nitrogen and oxygen atoms in total. The molecular weight excluding hydrogens is 149 g/mol. The summed E-state index contributed by atoms with van der Waals surface area (Å²) in [5, 5.41) is 19.1. The van der Waals surface area contributed by atoms with E-state index in [1.165, 1.54) is 0 Å². The van der Waals surface area contributed by atoms with Crippen LogP contribution in [0.2, 0.25) is 0 Å². The average molecular weight is 160 g/mol. The molecule has 12 heavy (non-hydrogen) atoms. The van der Waals surface area contributed by atoms with E-state index in [-0.39, 0.29) is 11.5 Å². The zero-order valence-corrected chi connectivity index (χ0v) is 7.89. The summed E-state index contributed by atoms with van der Waals surface area (Å²) in [5.41, 5.74) is 3.22. The lowest BCUT2D eigenvalue weighted by Gasteiger charge is -2.13. The van der Waals surface area contributed by atoms with Crippen molar-refractivity contribution in [2.24, 2.45) is 0 Å². The Kier molecular flexibility index (Phi) is 2.13. The van der Waals surface area contributed by atoms with Crippen molar-refractivity contribution in [3.63, 3.8) is 0 Å². The van der Waals surface area contributed by atoms with Crippen LogP contribution in [0.4, 0.5) is 0 Å². The van der Waals surface area contributed by atoms with Crippen LogP contribution in [0.5, 0.6) is 11.5 Å². The van der Waals surface area contributed by atoms with Gasteiger partial charge in [-0.05, 0) is 6.92 Å². The van der Waals surface area contributed by atoms with Crippen LogP contribution in [-0.2, 0) is 0 Å². The number of phenolic OH excluding ortho intramolecular Hbond substituents is 2. The molecule has 0 saturated heterocycles. The first-order valence-electron chi connectivity index (χ1n) is 3.95. The first kappa shape index (κ1) is 9.11. The van der Waals surface area contributed by atoms with Gasteiger partial charge >= 0.3 is 0 Å². The third-order valence-electron chi connectivity index (χ3n) is 2.55. The summed E-state index contributed by atoms with van der Waals surface area (Å²) in [5.74, 6) is 0.409. The molecule has 60 valence electrons. The number of phenols is 2. The fourth-order valence-electron chi connectivity index (χ4n) is 1.31. The van der Waals surface area contributed by atoms with Gasteiger partial charge in [0.25, 0.3) is 0 Å². The predicted molar refractivity (Wildman–Crippen MR) is 59.0 cm³/mol. The highest BCUT2D eigenvalue weighted by atomic mass is 16.3. The van der Waals surface area contributed by atoms with E-state index in [0.717, 1.165) is 16.4 Å². The summed E-state index contributed by atoms with van der Waals surface area (Å²) in [6.07, 6.45) is 0. The first-order valence-corrected chi connectivity index (χ1v) is 3.95. The van der Waals surface area contributed by atoms with E-state index >= 15 is 0 Å². The zero-order chi connectivity index (χ0) is 9.46. The molecule has 0 atom stereocenters. The Labute approximate surface area is 74.8 Å². The topological polar surface area (TPSA) is 40.5 Å². The van der Waals surface area contributed by atoms with Gasteiger partial charge in [0.15, 0.2) is 0 Å². The summed E-state index contributed by atoms with van der Waals surface area (Å²) < 4.78 is 0. The predicted octanol–water partition coefficient (Wildman–Crippen LogP) is -3.82. The second kappa shape index (κ2) is 2.81. The van der Waals surface area contributed by atoms with Crippen LogP contribution in [0.1, 0.15) is 5.56 Å². The SMILES string of the molecule is Bc1c(B)c(O)c(C)c(O)c1B. The number of hydrogen-bond donors (Lipinski definition) is 2. The molecule has 0 aliphatic carbocycles. The quantitative estimate of drug-likeness (QED) is 0.381. The second-order valence-electron chi connectivity index (χ2n) is 3.20. The van der Waals surface area contributed by atoms with Gasteiger partial charge in [0.2, 0.25) is 0 Å². The summed E-state index contributed by atoms with van der Waals surface area (Å²) in [4.78, 5) is 0. The Morgan fingerprint density at radius 2 is 1.17 bits per heavy atom. The molecule has 0 radical (unpaired) electrons. The maximum absolute atomic E-state index is 9.53. The molecule has 1 aromatic carbocycles. The molecule has 1 rings (SSSR count). The van der Waals surface area contributed by atoms with Gasteiger partial charge in [0.05, 0.1) is 0 Å². The van der Waals surface area contributed by atoms with Gasteiger partial charge in [-0.25, -0.2) is 0 Å². The van der Waals surface area contributed by atoms with Crippen LogP contribution in [0.25, 0.3) is 0 Å². The van der Waals surface area contributed by atoms with Crippen LogP contribution < -0.4 is 16.4 Å². The standard InChI is InChI=1S/C7H11B3O2/c1-2-6(11)4(9)3(8)5(10)7(2)12/h11-12H,8-10H2,1H3. The third kappa shape index (κ3) is 1.09. The van der Waals surface area contributed by atoms with Crippen molar-refractivity contribution in [3.8, 4) is 11.5 Å². The van der Waals surface area contributed by atoms with Gasteiger partial charge in [-0.3, -0.25) is 0 Å². The minimum atomic E-state index is 0.204. The molecule has 0 aliphatic rings. The van der Waals surface area contributed by atoms with Crippen LogP contribution in [0.15, 0.2) is 0 Å². The lowest BCUT2D eigenvalue weighted by molar-refractivity contribution is 0.449. The highest BCUT2D eigenvalue weighted by Gasteiger charge is 2.11. The molecule has 5 heteroatoms. The fraction of sp³-hybridized carbons (Fsp3) is 0.143. The van der Waals surface area contributed by atoms with Crippen LogP contribution >= 0.6 is 0 Å². The normalized spacial score (nSPS) is 10.1. The van der Waals surface area contributed by atoms with E-state index in [0.29, 0.717) is 5.56 Å². The number of benzene rings is 1. The maximum Gasteiger partial charge on any atom is 0.143 e. The van der Waals surface area contributed by atoms with E-state index in [1.807, 2.05) is 23.5 Å². The van der Waals surface area contributed by atoms with Crippen molar-refractivity contribution < 1.29 is 10.2 Å². The number of aromatic hydroxyl groups is 2. The Bertz CT molecular complexity index is 231. The molecule has 0 aliphatic heterocycles. The molecule has 0 amide bonds. The fourth-order valence-corrected chi connectivity index (χ4v) is 1.31. The van der Waals surface area contributed by atoms with Crippen molar-refractivity contribution in [1.82, 2.24) is 0 Å². The Balaban J connectivity index is 3.60. The molecule has 0 heterocycles. The summed E-state index contributed by atoms with van der Waals surface area (Å²) in [6, 6.07) is 0. The highest BCUT2D eigenvalue weighted by Crippen LogP contribution is 2.18. The Morgan fingerprint density at radius 3 is 1.50 bits per heavy atom. The van der Waals surface area contributed by atoms with E-state index in [2.05, 4.69) is 0 Å². The Hall–Kier alpha value is -0.985. The molecule has 1 aromatic rings. The largest absolute Gasteiger partial charge is 0.508 e. The van der Waals surface area contributed by atoms with E-state index in [4.69, 9.17) is 0 Å². The average Bonchev–Trinajstić information content (AvgIpc) is 2.08. The minimum Gasteiger partial charge on any atom is -0.508 e. The van der Waals surface area contributed by atoms with E-state index < -0.39 is 0 Å². The highest BCUT2D eigenvalue weighted by molar-refractivity contribution is 6.58. The van der Waals surface area contributed by atoms with E-state index in [1.54, 1.807) is 6.92 Å². The van der Waals surface area contributed by atoms with Crippen LogP contribution in [0, 0.1) is 6.92 Å². The molecular formula is C7H11B3O2. The second-order valence-corrected chi connectivity index (χ2v) is 3.20. The molecule has 0 unspecified atom stereocenters. The van der Waals surface area contributed by atoms with Crippen molar-refractivity contribution in [3.05, 3.63) is 5.56 Å². The zero-order valence-electron chi connectivity index (χ0n) is 7.89. The summed E-state index contributed by atoms with van der Waals surface area (Å²) in [7, 11) is 5.60. The molecule has 0 spiro atoms. The molecule has 0 bridgehead atoms. The summed E-state index contributed by atoms with van der Waals surface area (Å²) >= 11 is 0. The Morgan fingerprint density at radius 1 is 0.833 bits per heavy atom. The van der Waals surface area contributed by atoms with Gasteiger partial charge in [0.1, 0.15) is 35.0 Å². The number of hydrogen-bond acceptors (Lipinski definition) is 2. The van der Waals surface area contributed by atoms with Gasteiger partial charge < -0.3 is 10.2 Å². The van der Waals surface area contributed by atoms with Crippen molar-refractivity contribution in [1.29, 1.82) is 0 Å². The lowest BCUT2D eigenvalue weighted by Crippen LogP contribution is -2.39. The van der Waals surface area contributed by atoms with Crippen molar-refractivity contribution in [2.45, 2.75) is 6.92 Å². The summed E-state index contributed by atoms with van der Waals surface area (Å²) in [6.45, 7) is 1.71. The molecule has 0 aromatic heterocycles. The van der Waals surface area contributed by atoms with Crippen molar-refractivity contribution >= 4 is 39.9 Å². The monoisotopic (exact) mass is 160 g/mol. The van der Waals surface area contributed by atoms with Gasteiger partial charge in [-0.2, -0.15) is 0 Å². The molecule has 0 fully saturated rings. The van der Waals surface area contributed by atoms with Crippen LogP contribution in [0.3, 0.4) is 0 Å². The molecule has 2 N–H and O–H groups in total. The minimum absolute atomic E-state index is 0.204. The smallest absolute Gasteiger partial charge is 0.143 e. The van der Waals surface area contributed by atoms with Gasteiger partial charge in [-0.15, -0.1) is 0 Å². The van der Waals surface area contributed by atoms with Crippen molar-refractivity contribution in [2.75, 3.05) is 0 Å². The third-order valence-corrected chi connectivity index (χ3v) is 2.55. The maximum atomic E-state index is 9.53. The van der Waals surface area contributed by atoms with Gasteiger partial charge in [-0.1, -0.05) is 16.4 Å². The van der Waals surface area contributed by atoms with Gasteiger partial charge in [0, 0.05) is 5.56 Å². The molecule has 0 saturated carbocycles. The van der Waals surface area contributed by atoms with E-state index in [9.17, 15) is 10.2 Å².